The number of ether oxygens (including phenoxy) is 1. The zero-order chi connectivity index (χ0) is 17.2. The molecule has 1 amide bonds. The molecule has 8 heteroatoms. The Bertz CT molecular complexity index is 603. The summed E-state index contributed by atoms with van der Waals surface area (Å²) in [6, 6.07) is 3.44. The fraction of sp³-hybridized carbons (Fsp3) is 0.467. The molecule has 0 bridgehead atoms. The summed E-state index contributed by atoms with van der Waals surface area (Å²) < 4.78 is 43.1. The quantitative estimate of drug-likeness (QED) is 0.916. The molecule has 1 heterocycles. The fourth-order valence-electron chi connectivity index (χ4n) is 2.61. The zero-order valence-corrected chi connectivity index (χ0v) is 12.3. The van der Waals surface area contributed by atoms with Gasteiger partial charge >= 0.3 is 12.1 Å². The maximum atomic E-state index is 12.7. The fourth-order valence-corrected chi connectivity index (χ4v) is 2.61. The van der Waals surface area contributed by atoms with E-state index in [9.17, 15) is 22.8 Å². The number of likely N-dealkylation sites (tertiary alicyclic amines) is 1. The Morgan fingerprint density at radius 3 is 2.65 bits per heavy atom. The average molecular weight is 331 g/mol. The first-order valence-corrected chi connectivity index (χ1v) is 6.93. The molecular weight excluding hydrogens is 315 g/mol. The molecule has 1 aliphatic heterocycles. The highest BCUT2D eigenvalue weighted by molar-refractivity contribution is 5.85. The van der Waals surface area contributed by atoms with Gasteiger partial charge < -0.3 is 14.7 Å². The van der Waals surface area contributed by atoms with Crippen LogP contribution in [-0.2, 0) is 26.9 Å². The molecule has 2 rings (SSSR count). The van der Waals surface area contributed by atoms with Crippen molar-refractivity contribution in [3.05, 3.63) is 35.4 Å². The van der Waals surface area contributed by atoms with E-state index in [4.69, 9.17) is 9.84 Å². The highest BCUT2D eigenvalue weighted by atomic mass is 19.4. The van der Waals surface area contributed by atoms with Crippen molar-refractivity contribution in [3.8, 4) is 0 Å². The van der Waals surface area contributed by atoms with Gasteiger partial charge in [0, 0.05) is 20.1 Å². The minimum absolute atomic E-state index is 0.116. The zero-order valence-electron chi connectivity index (χ0n) is 12.3. The Morgan fingerprint density at radius 1 is 1.39 bits per heavy atom. The molecule has 1 saturated heterocycles. The van der Waals surface area contributed by atoms with Gasteiger partial charge in [0.2, 0.25) is 5.91 Å². The molecule has 1 N–H and O–H groups in total. The summed E-state index contributed by atoms with van der Waals surface area (Å²) >= 11 is 0. The SMILES string of the molecule is COC1CC(C(=O)O)N(C(=O)Cc2cccc(C(F)(F)F)c2)C1. The molecule has 5 nitrogen and oxygen atoms in total. The lowest BCUT2D eigenvalue weighted by molar-refractivity contribution is -0.148. The number of hydrogen-bond acceptors (Lipinski definition) is 3. The molecule has 126 valence electrons. The molecular formula is C15H16F3NO4. The van der Waals surface area contributed by atoms with Crippen LogP contribution in [0.4, 0.5) is 13.2 Å². The van der Waals surface area contributed by atoms with Crippen LogP contribution in [0, 0.1) is 0 Å². The second-order valence-electron chi connectivity index (χ2n) is 5.37. The maximum absolute atomic E-state index is 12.7. The summed E-state index contributed by atoms with van der Waals surface area (Å²) in [6.07, 6.45) is -5.00. The third kappa shape index (κ3) is 4.01. The van der Waals surface area contributed by atoms with Crippen LogP contribution in [0.3, 0.4) is 0 Å². The van der Waals surface area contributed by atoms with Crippen molar-refractivity contribution in [2.75, 3.05) is 13.7 Å². The smallest absolute Gasteiger partial charge is 0.416 e. The van der Waals surface area contributed by atoms with E-state index in [1.54, 1.807) is 0 Å². The third-order valence-electron chi connectivity index (χ3n) is 3.81. The van der Waals surface area contributed by atoms with Crippen LogP contribution < -0.4 is 0 Å². The molecule has 1 aliphatic rings. The van der Waals surface area contributed by atoms with Gasteiger partial charge in [0.15, 0.2) is 0 Å². The highest BCUT2D eigenvalue weighted by Gasteiger charge is 2.39. The number of benzene rings is 1. The van der Waals surface area contributed by atoms with Crippen molar-refractivity contribution in [1.29, 1.82) is 0 Å². The summed E-state index contributed by atoms with van der Waals surface area (Å²) in [4.78, 5) is 24.6. The summed E-state index contributed by atoms with van der Waals surface area (Å²) in [5.74, 6) is -1.68. The van der Waals surface area contributed by atoms with Crippen LogP contribution in [0.5, 0.6) is 0 Å². The Morgan fingerprint density at radius 2 is 2.09 bits per heavy atom. The summed E-state index contributed by atoms with van der Waals surface area (Å²) in [7, 11) is 1.42. The molecule has 0 aliphatic carbocycles. The van der Waals surface area contributed by atoms with Crippen LogP contribution >= 0.6 is 0 Å². The molecule has 0 spiro atoms. The number of carboxylic acids is 1. The second-order valence-corrected chi connectivity index (χ2v) is 5.37. The Kier molecular flexibility index (Phi) is 4.93. The van der Waals surface area contributed by atoms with Crippen molar-refractivity contribution in [3.63, 3.8) is 0 Å². The molecule has 23 heavy (non-hydrogen) atoms. The van der Waals surface area contributed by atoms with Gasteiger partial charge in [-0.05, 0) is 11.6 Å². The number of rotatable bonds is 4. The molecule has 0 aromatic heterocycles. The van der Waals surface area contributed by atoms with Gasteiger partial charge in [0.1, 0.15) is 6.04 Å². The number of nitrogens with zero attached hydrogens (tertiary/aromatic N) is 1. The van der Waals surface area contributed by atoms with E-state index in [0.717, 1.165) is 17.0 Å². The number of alkyl halides is 3. The lowest BCUT2D eigenvalue weighted by atomic mass is 10.1. The van der Waals surface area contributed by atoms with Gasteiger partial charge in [-0.1, -0.05) is 18.2 Å². The number of aliphatic carboxylic acids is 1. The molecule has 0 saturated carbocycles. The lowest BCUT2D eigenvalue weighted by Gasteiger charge is -2.21. The van der Waals surface area contributed by atoms with Crippen molar-refractivity contribution >= 4 is 11.9 Å². The standard InChI is InChI=1S/C15H16F3NO4/c1-23-11-7-12(14(21)22)19(8-11)13(20)6-9-3-2-4-10(5-9)15(16,17)18/h2-5,11-12H,6-8H2,1H3,(H,21,22). The van der Waals surface area contributed by atoms with Gasteiger partial charge in [0.25, 0.3) is 0 Å². The van der Waals surface area contributed by atoms with Crippen molar-refractivity contribution in [2.45, 2.75) is 31.2 Å². The summed E-state index contributed by atoms with van der Waals surface area (Å²) in [5, 5.41) is 9.16. The van der Waals surface area contributed by atoms with E-state index >= 15 is 0 Å². The van der Waals surface area contributed by atoms with Gasteiger partial charge in [0.05, 0.1) is 18.1 Å². The number of hydrogen-bond donors (Lipinski definition) is 1. The number of carbonyl (C=O) groups excluding carboxylic acids is 1. The Balaban J connectivity index is 2.14. The molecule has 1 aromatic rings. The minimum Gasteiger partial charge on any atom is -0.480 e. The van der Waals surface area contributed by atoms with E-state index < -0.39 is 29.7 Å². The largest absolute Gasteiger partial charge is 0.480 e. The van der Waals surface area contributed by atoms with Crippen molar-refractivity contribution in [1.82, 2.24) is 4.90 Å². The molecule has 1 aromatic carbocycles. The van der Waals surface area contributed by atoms with E-state index in [-0.39, 0.29) is 31.1 Å². The monoisotopic (exact) mass is 331 g/mol. The third-order valence-corrected chi connectivity index (χ3v) is 3.81. The summed E-state index contributed by atoms with van der Waals surface area (Å²) in [6.45, 7) is 0.116. The first kappa shape index (κ1) is 17.3. The topological polar surface area (TPSA) is 66.8 Å². The number of methoxy groups -OCH3 is 1. The van der Waals surface area contributed by atoms with Gasteiger partial charge in [-0.25, -0.2) is 4.79 Å². The van der Waals surface area contributed by atoms with E-state index in [1.165, 1.54) is 19.2 Å². The first-order valence-electron chi connectivity index (χ1n) is 6.93. The Labute approximate surface area is 130 Å². The van der Waals surface area contributed by atoms with Crippen LogP contribution in [-0.4, -0.2) is 47.7 Å². The first-order chi connectivity index (χ1) is 10.7. The summed E-state index contributed by atoms with van der Waals surface area (Å²) in [5.41, 5.74) is -0.649. The highest BCUT2D eigenvalue weighted by Crippen LogP contribution is 2.30. The van der Waals surface area contributed by atoms with E-state index in [2.05, 4.69) is 0 Å². The van der Waals surface area contributed by atoms with Crippen molar-refractivity contribution < 1.29 is 32.6 Å². The molecule has 2 unspecified atom stereocenters. The molecule has 1 fully saturated rings. The van der Waals surface area contributed by atoms with Crippen LogP contribution in [0.2, 0.25) is 0 Å². The number of amides is 1. The normalized spacial score (nSPS) is 21.5. The van der Waals surface area contributed by atoms with Gasteiger partial charge in [-0.15, -0.1) is 0 Å². The maximum Gasteiger partial charge on any atom is 0.416 e. The van der Waals surface area contributed by atoms with Gasteiger partial charge in [-0.2, -0.15) is 13.2 Å². The van der Waals surface area contributed by atoms with Crippen LogP contribution in [0.1, 0.15) is 17.5 Å². The van der Waals surface area contributed by atoms with E-state index in [0.29, 0.717) is 0 Å². The predicted octanol–water partition coefficient (Wildman–Crippen LogP) is 1.95. The lowest BCUT2D eigenvalue weighted by Crippen LogP contribution is -2.41. The van der Waals surface area contributed by atoms with Crippen molar-refractivity contribution in [2.24, 2.45) is 0 Å². The number of carboxylic acid groups (broad SMARTS) is 1. The molecule has 2 atom stereocenters. The Hall–Kier alpha value is -2.09. The van der Waals surface area contributed by atoms with Crippen LogP contribution in [0.25, 0.3) is 0 Å². The van der Waals surface area contributed by atoms with Crippen LogP contribution in [0.15, 0.2) is 24.3 Å². The van der Waals surface area contributed by atoms with E-state index in [1.807, 2.05) is 0 Å². The van der Waals surface area contributed by atoms with Gasteiger partial charge in [-0.3, -0.25) is 4.79 Å². The average Bonchev–Trinajstić information content (AvgIpc) is 2.91. The molecule has 0 radical (unpaired) electrons. The second kappa shape index (κ2) is 6.57. The predicted molar refractivity (Wildman–Crippen MR) is 73.7 cm³/mol. The number of carbonyl (C=O) groups is 2. The minimum atomic E-state index is -4.49. The number of halogens is 3.